The fourth-order valence-corrected chi connectivity index (χ4v) is 3.32. The normalized spacial score (nSPS) is 13.4. The van der Waals surface area contributed by atoms with Crippen LogP contribution < -0.4 is 5.32 Å². The van der Waals surface area contributed by atoms with E-state index in [2.05, 4.69) is 15.3 Å². The second-order valence-electron chi connectivity index (χ2n) is 5.59. The van der Waals surface area contributed by atoms with Gasteiger partial charge in [-0.25, -0.2) is 9.97 Å². The molecule has 1 aromatic heterocycles. The van der Waals surface area contributed by atoms with Gasteiger partial charge in [-0.2, -0.15) is 0 Å². The number of hydrogen-bond donors (Lipinski definition) is 1. The lowest BCUT2D eigenvalue weighted by molar-refractivity contribution is -0.121. The number of amides is 1. The lowest BCUT2D eigenvalue weighted by Gasteiger charge is -2.19. The van der Waals surface area contributed by atoms with Gasteiger partial charge in [0.1, 0.15) is 0 Å². The van der Waals surface area contributed by atoms with Crippen molar-refractivity contribution in [2.75, 3.05) is 0 Å². The van der Waals surface area contributed by atoms with Crippen LogP contribution in [0.4, 0.5) is 0 Å². The number of carbonyl (C=O) groups is 1. The largest absolute Gasteiger partial charge is 0.349 e. The zero-order valence-electron chi connectivity index (χ0n) is 14.0. The molecule has 0 radical (unpaired) electrons. The third-order valence-corrected chi connectivity index (χ3v) is 4.76. The van der Waals surface area contributed by atoms with Crippen LogP contribution in [0.1, 0.15) is 43.3 Å². The third kappa shape index (κ3) is 5.06. The van der Waals surface area contributed by atoms with E-state index in [-0.39, 0.29) is 17.2 Å². The van der Waals surface area contributed by atoms with Crippen LogP contribution in [-0.4, -0.2) is 21.1 Å². The number of nitrogens with zero attached hydrogens (tertiary/aromatic N) is 2. The fraction of sp³-hybridized carbons (Fsp3) is 0.389. The zero-order valence-corrected chi connectivity index (χ0v) is 14.9. The zero-order chi connectivity index (χ0) is 16.8. The van der Waals surface area contributed by atoms with Gasteiger partial charge in [0.25, 0.3) is 0 Å². The van der Waals surface area contributed by atoms with Gasteiger partial charge < -0.3 is 5.32 Å². The lowest BCUT2D eigenvalue weighted by atomic mass is 10.1. The van der Waals surface area contributed by atoms with Crippen molar-refractivity contribution in [3.05, 3.63) is 53.3 Å². The van der Waals surface area contributed by atoms with Crippen LogP contribution in [0.2, 0.25) is 0 Å². The van der Waals surface area contributed by atoms with Gasteiger partial charge in [0.05, 0.1) is 11.3 Å². The molecule has 5 heteroatoms. The Hall–Kier alpha value is -1.88. The van der Waals surface area contributed by atoms with E-state index in [0.717, 1.165) is 23.4 Å². The van der Waals surface area contributed by atoms with Crippen LogP contribution in [0.15, 0.2) is 41.6 Å². The van der Waals surface area contributed by atoms with Gasteiger partial charge >= 0.3 is 0 Å². The summed E-state index contributed by atoms with van der Waals surface area (Å²) in [5, 5.41) is 3.55. The second kappa shape index (κ2) is 8.11. The number of hydrogen-bond acceptors (Lipinski definition) is 4. The van der Waals surface area contributed by atoms with E-state index in [4.69, 9.17) is 0 Å². The maximum Gasteiger partial charge on any atom is 0.234 e. The standard InChI is InChI=1S/C18H23N3OS/c1-5-16(23-18-19-12(2)11-13(3)20-18)17(22)21-14(4)15-9-7-6-8-10-15/h6-11,14,16H,5H2,1-4H3,(H,21,22)/t14-,16+/m1/s1. The molecule has 4 nitrogen and oxygen atoms in total. The van der Waals surface area contributed by atoms with Gasteiger partial charge in [-0.05, 0) is 38.8 Å². The summed E-state index contributed by atoms with van der Waals surface area (Å²) < 4.78 is 0. The van der Waals surface area contributed by atoms with E-state index in [9.17, 15) is 4.79 Å². The highest BCUT2D eigenvalue weighted by Gasteiger charge is 2.21. The summed E-state index contributed by atoms with van der Waals surface area (Å²) in [4.78, 5) is 21.4. The van der Waals surface area contributed by atoms with Gasteiger partial charge in [0, 0.05) is 11.4 Å². The van der Waals surface area contributed by atoms with Crippen molar-refractivity contribution in [3.63, 3.8) is 0 Å². The summed E-state index contributed by atoms with van der Waals surface area (Å²) in [6, 6.07) is 11.9. The number of aryl methyl sites for hydroxylation is 2. The molecule has 1 N–H and O–H groups in total. The molecule has 0 saturated carbocycles. The molecule has 0 unspecified atom stereocenters. The molecular weight excluding hydrogens is 306 g/mol. The molecule has 1 aromatic carbocycles. The van der Waals surface area contributed by atoms with Crippen molar-refractivity contribution >= 4 is 17.7 Å². The number of carbonyl (C=O) groups excluding carboxylic acids is 1. The highest BCUT2D eigenvalue weighted by Crippen LogP contribution is 2.24. The first-order valence-electron chi connectivity index (χ1n) is 7.84. The monoisotopic (exact) mass is 329 g/mol. The van der Waals surface area contributed by atoms with Crippen LogP contribution >= 0.6 is 11.8 Å². The Morgan fingerprint density at radius 2 is 1.78 bits per heavy atom. The minimum atomic E-state index is -0.192. The Bertz CT molecular complexity index is 640. The Morgan fingerprint density at radius 1 is 1.17 bits per heavy atom. The van der Waals surface area contributed by atoms with E-state index < -0.39 is 0 Å². The quantitative estimate of drug-likeness (QED) is 0.646. The number of nitrogens with one attached hydrogen (secondary N) is 1. The summed E-state index contributed by atoms with van der Waals surface area (Å²) in [6.07, 6.45) is 0.731. The molecule has 1 heterocycles. The van der Waals surface area contributed by atoms with Crippen LogP contribution in [-0.2, 0) is 4.79 Å². The van der Waals surface area contributed by atoms with Crippen LogP contribution in [0.3, 0.4) is 0 Å². The van der Waals surface area contributed by atoms with Gasteiger partial charge in [0.2, 0.25) is 5.91 Å². The van der Waals surface area contributed by atoms with Gasteiger partial charge in [-0.3, -0.25) is 4.79 Å². The molecule has 0 aliphatic rings. The Kier molecular flexibility index (Phi) is 6.16. The van der Waals surface area contributed by atoms with Crippen molar-refractivity contribution in [2.24, 2.45) is 0 Å². The van der Waals surface area contributed by atoms with Crippen molar-refractivity contribution in [1.82, 2.24) is 15.3 Å². The smallest absolute Gasteiger partial charge is 0.234 e. The van der Waals surface area contributed by atoms with Crippen molar-refractivity contribution < 1.29 is 4.79 Å². The molecule has 0 spiro atoms. The molecule has 2 rings (SSSR count). The molecule has 0 bridgehead atoms. The average molecular weight is 329 g/mol. The van der Waals surface area contributed by atoms with E-state index in [1.807, 2.05) is 64.1 Å². The molecule has 0 aliphatic heterocycles. The van der Waals surface area contributed by atoms with Crippen molar-refractivity contribution in [3.8, 4) is 0 Å². The van der Waals surface area contributed by atoms with Crippen LogP contribution in [0, 0.1) is 13.8 Å². The van der Waals surface area contributed by atoms with Gasteiger partial charge in [-0.1, -0.05) is 49.0 Å². The number of thioether (sulfide) groups is 1. The van der Waals surface area contributed by atoms with E-state index in [1.165, 1.54) is 11.8 Å². The van der Waals surface area contributed by atoms with E-state index >= 15 is 0 Å². The lowest BCUT2D eigenvalue weighted by Crippen LogP contribution is -2.34. The molecule has 2 atom stereocenters. The Labute approximate surface area is 142 Å². The minimum Gasteiger partial charge on any atom is -0.349 e. The second-order valence-corrected chi connectivity index (χ2v) is 6.76. The predicted molar refractivity (Wildman–Crippen MR) is 94.4 cm³/mol. The third-order valence-electron chi connectivity index (χ3n) is 3.53. The predicted octanol–water partition coefficient (Wildman–Crippen LogP) is 3.84. The van der Waals surface area contributed by atoms with Crippen LogP contribution in [0.5, 0.6) is 0 Å². The molecule has 0 aliphatic carbocycles. The molecule has 2 aromatic rings. The Balaban J connectivity index is 2.03. The minimum absolute atomic E-state index is 0.0153. The average Bonchev–Trinajstić information content (AvgIpc) is 2.52. The van der Waals surface area contributed by atoms with Gasteiger partial charge in [0.15, 0.2) is 5.16 Å². The maximum atomic E-state index is 12.5. The molecular formula is C18H23N3OS. The van der Waals surface area contributed by atoms with Crippen molar-refractivity contribution in [2.45, 2.75) is 50.6 Å². The number of rotatable bonds is 6. The molecule has 0 fully saturated rings. The molecule has 23 heavy (non-hydrogen) atoms. The van der Waals surface area contributed by atoms with E-state index in [0.29, 0.717) is 5.16 Å². The summed E-state index contributed by atoms with van der Waals surface area (Å²) in [5.41, 5.74) is 2.95. The first-order valence-corrected chi connectivity index (χ1v) is 8.71. The molecule has 1 amide bonds. The number of benzene rings is 1. The highest BCUT2D eigenvalue weighted by atomic mass is 32.2. The number of aromatic nitrogens is 2. The first kappa shape index (κ1) is 17.5. The molecule has 0 saturated heterocycles. The Morgan fingerprint density at radius 3 is 2.35 bits per heavy atom. The van der Waals surface area contributed by atoms with Crippen molar-refractivity contribution in [1.29, 1.82) is 0 Å². The topological polar surface area (TPSA) is 54.9 Å². The summed E-state index contributed by atoms with van der Waals surface area (Å²) in [7, 11) is 0. The van der Waals surface area contributed by atoms with Gasteiger partial charge in [-0.15, -0.1) is 0 Å². The highest BCUT2D eigenvalue weighted by molar-refractivity contribution is 8.00. The maximum absolute atomic E-state index is 12.5. The molecule has 122 valence electrons. The van der Waals surface area contributed by atoms with E-state index in [1.54, 1.807) is 0 Å². The summed E-state index contributed by atoms with van der Waals surface area (Å²) >= 11 is 1.43. The fourth-order valence-electron chi connectivity index (χ4n) is 2.33. The first-order chi connectivity index (χ1) is 11.0. The summed E-state index contributed by atoms with van der Waals surface area (Å²) in [6.45, 7) is 7.89. The SMILES string of the molecule is CC[C@H](Sc1nc(C)cc(C)n1)C(=O)N[C@H](C)c1ccccc1. The van der Waals surface area contributed by atoms with Crippen LogP contribution in [0.25, 0.3) is 0 Å². The summed E-state index contributed by atoms with van der Waals surface area (Å²) in [5.74, 6) is 0.0246.